The minimum Gasteiger partial charge on any atom is -0.490 e. The van der Waals surface area contributed by atoms with E-state index in [1.807, 2.05) is 18.4 Å². The van der Waals surface area contributed by atoms with Crippen LogP contribution in [0.5, 0.6) is 5.75 Å². The van der Waals surface area contributed by atoms with Gasteiger partial charge in [-0.15, -0.1) is 11.8 Å². The Balaban J connectivity index is 2.29. The summed E-state index contributed by atoms with van der Waals surface area (Å²) in [7, 11) is 0. The molecule has 0 aromatic heterocycles. The summed E-state index contributed by atoms with van der Waals surface area (Å²) in [4.78, 5) is 12.2. The summed E-state index contributed by atoms with van der Waals surface area (Å²) in [5, 5.41) is 0. The van der Waals surface area contributed by atoms with Crippen molar-refractivity contribution < 1.29 is 9.53 Å². The Bertz CT molecular complexity index is 388. The molecule has 1 aliphatic carbocycles. The van der Waals surface area contributed by atoms with Crippen LogP contribution in [0.4, 0.5) is 0 Å². The number of nitrogens with two attached hydrogens (primary N) is 1. The van der Waals surface area contributed by atoms with Crippen LogP contribution in [0, 0.1) is 0 Å². The van der Waals surface area contributed by atoms with Gasteiger partial charge < -0.3 is 10.5 Å². The SMILES string of the molecule is CSc1ccc(OC2CC2)c(C(N)=O)c1. The molecular weight excluding hydrogens is 210 g/mol. The van der Waals surface area contributed by atoms with Gasteiger partial charge in [0.05, 0.1) is 11.7 Å². The maximum atomic E-state index is 11.2. The second-order valence-corrected chi connectivity index (χ2v) is 4.42. The molecule has 0 spiro atoms. The van der Waals surface area contributed by atoms with E-state index in [4.69, 9.17) is 10.5 Å². The summed E-state index contributed by atoms with van der Waals surface area (Å²) in [6, 6.07) is 5.55. The molecule has 1 saturated carbocycles. The largest absolute Gasteiger partial charge is 0.490 e. The van der Waals surface area contributed by atoms with E-state index in [0.717, 1.165) is 17.7 Å². The third-order valence-electron chi connectivity index (χ3n) is 2.27. The van der Waals surface area contributed by atoms with E-state index in [1.54, 1.807) is 17.8 Å². The van der Waals surface area contributed by atoms with E-state index in [0.29, 0.717) is 11.3 Å². The van der Waals surface area contributed by atoms with Crippen molar-refractivity contribution in [3.63, 3.8) is 0 Å². The lowest BCUT2D eigenvalue weighted by Gasteiger charge is -2.09. The predicted octanol–water partition coefficient (Wildman–Crippen LogP) is 2.05. The Kier molecular flexibility index (Phi) is 2.86. The number of carbonyl (C=O) groups is 1. The van der Waals surface area contributed by atoms with Crippen molar-refractivity contribution >= 4 is 17.7 Å². The van der Waals surface area contributed by atoms with Crippen LogP contribution in [0.3, 0.4) is 0 Å². The molecule has 1 aliphatic rings. The van der Waals surface area contributed by atoms with Crippen molar-refractivity contribution in [3.05, 3.63) is 23.8 Å². The third-order valence-corrected chi connectivity index (χ3v) is 3.00. The summed E-state index contributed by atoms with van der Waals surface area (Å²) in [6.45, 7) is 0. The van der Waals surface area contributed by atoms with E-state index >= 15 is 0 Å². The minimum absolute atomic E-state index is 0.281. The molecule has 1 amide bonds. The molecule has 2 rings (SSSR count). The number of hydrogen-bond donors (Lipinski definition) is 1. The molecule has 0 atom stereocenters. The van der Waals surface area contributed by atoms with Gasteiger partial charge in [0.2, 0.25) is 0 Å². The van der Waals surface area contributed by atoms with E-state index < -0.39 is 5.91 Å². The van der Waals surface area contributed by atoms with Crippen LogP contribution >= 0.6 is 11.8 Å². The molecule has 0 unspecified atom stereocenters. The van der Waals surface area contributed by atoms with E-state index in [1.165, 1.54) is 0 Å². The first kappa shape index (κ1) is 10.4. The molecule has 1 fully saturated rings. The minimum atomic E-state index is -0.429. The quantitative estimate of drug-likeness (QED) is 0.795. The second kappa shape index (κ2) is 4.14. The fourth-order valence-electron chi connectivity index (χ4n) is 1.30. The van der Waals surface area contributed by atoms with Gasteiger partial charge in [-0.25, -0.2) is 0 Å². The summed E-state index contributed by atoms with van der Waals surface area (Å²) >= 11 is 1.58. The second-order valence-electron chi connectivity index (χ2n) is 3.54. The van der Waals surface area contributed by atoms with Crippen molar-refractivity contribution in [1.82, 2.24) is 0 Å². The van der Waals surface area contributed by atoms with Gasteiger partial charge in [-0.05, 0) is 37.3 Å². The number of primary amides is 1. The molecule has 0 saturated heterocycles. The van der Waals surface area contributed by atoms with E-state index in [9.17, 15) is 4.79 Å². The average Bonchev–Trinajstić information content (AvgIpc) is 3.02. The summed E-state index contributed by atoms with van der Waals surface area (Å²) in [6.07, 6.45) is 4.38. The van der Waals surface area contributed by atoms with Crippen molar-refractivity contribution in [2.45, 2.75) is 23.8 Å². The van der Waals surface area contributed by atoms with Gasteiger partial charge in [-0.3, -0.25) is 4.79 Å². The molecule has 0 radical (unpaired) electrons. The molecule has 1 aromatic rings. The van der Waals surface area contributed by atoms with Gasteiger partial charge in [-0.2, -0.15) is 0 Å². The Morgan fingerprint density at radius 1 is 1.53 bits per heavy atom. The fraction of sp³-hybridized carbons (Fsp3) is 0.364. The fourth-order valence-corrected chi connectivity index (χ4v) is 1.74. The summed E-state index contributed by atoms with van der Waals surface area (Å²) in [5.41, 5.74) is 5.79. The Morgan fingerprint density at radius 3 is 2.80 bits per heavy atom. The highest BCUT2D eigenvalue weighted by Gasteiger charge is 2.25. The number of amides is 1. The Morgan fingerprint density at radius 2 is 2.27 bits per heavy atom. The van der Waals surface area contributed by atoms with Crippen LogP contribution in [-0.2, 0) is 0 Å². The zero-order valence-corrected chi connectivity index (χ0v) is 9.34. The van der Waals surface area contributed by atoms with Crippen molar-refractivity contribution in [2.75, 3.05) is 6.26 Å². The van der Waals surface area contributed by atoms with Crippen molar-refractivity contribution in [1.29, 1.82) is 0 Å². The highest BCUT2D eigenvalue weighted by molar-refractivity contribution is 7.98. The summed E-state index contributed by atoms with van der Waals surface area (Å²) in [5.74, 6) is 0.185. The van der Waals surface area contributed by atoms with Crippen LogP contribution in [0.15, 0.2) is 23.1 Å². The number of benzene rings is 1. The molecule has 80 valence electrons. The molecule has 2 N–H and O–H groups in total. The molecule has 0 bridgehead atoms. The van der Waals surface area contributed by atoms with Crippen LogP contribution in [0.1, 0.15) is 23.2 Å². The Labute approximate surface area is 93.0 Å². The molecule has 15 heavy (non-hydrogen) atoms. The van der Waals surface area contributed by atoms with E-state index in [2.05, 4.69) is 0 Å². The Hall–Kier alpha value is -1.16. The first-order valence-electron chi connectivity index (χ1n) is 4.85. The van der Waals surface area contributed by atoms with Gasteiger partial charge in [-0.1, -0.05) is 0 Å². The van der Waals surface area contributed by atoms with E-state index in [-0.39, 0.29) is 6.10 Å². The first-order valence-corrected chi connectivity index (χ1v) is 6.07. The highest BCUT2D eigenvalue weighted by atomic mass is 32.2. The van der Waals surface area contributed by atoms with Crippen molar-refractivity contribution in [2.24, 2.45) is 5.73 Å². The maximum Gasteiger partial charge on any atom is 0.252 e. The van der Waals surface area contributed by atoms with Gasteiger partial charge >= 0.3 is 0 Å². The normalized spacial score (nSPS) is 15.0. The monoisotopic (exact) mass is 223 g/mol. The average molecular weight is 223 g/mol. The highest BCUT2D eigenvalue weighted by Crippen LogP contribution is 2.31. The first-order chi connectivity index (χ1) is 7.20. The van der Waals surface area contributed by atoms with Gasteiger partial charge in [0, 0.05) is 4.90 Å². The molecule has 0 heterocycles. The number of hydrogen-bond acceptors (Lipinski definition) is 3. The molecule has 4 heteroatoms. The maximum absolute atomic E-state index is 11.2. The predicted molar refractivity (Wildman–Crippen MR) is 60.4 cm³/mol. The zero-order chi connectivity index (χ0) is 10.8. The summed E-state index contributed by atoms with van der Waals surface area (Å²) < 4.78 is 5.61. The third kappa shape index (κ3) is 2.45. The van der Waals surface area contributed by atoms with Crippen LogP contribution < -0.4 is 10.5 Å². The number of rotatable bonds is 4. The van der Waals surface area contributed by atoms with Crippen molar-refractivity contribution in [3.8, 4) is 5.75 Å². The lowest BCUT2D eigenvalue weighted by molar-refractivity contribution is 0.0996. The molecule has 1 aromatic carbocycles. The number of thioether (sulfide) groups is 1. The zero-order valence-electron chi connectivity index (χ0n) is 8.53. The molecular formula is C11H13NO2S. The number of carbonyl (C=O) groups excluding carboxylic acids is 1. The lowest BCUT2D eigenvalue weighted by Crippen LogP contribution is -2.13. The number of ether oxygens (including phenoxy) is 1. The molecule has 3 nitrogen and oxygen atoms in total. The lowest BCUT2D eigenvalue weighted by atomic mass is 10.2. The standard InChI is InChI=1S/C11H13NO2S/c1-15-8-4-5-10(14-7-2-3-7)9(6-8)11(12)13/h4-7H,2-3H2,1H3,(H2,12,13). The van der Waals surface area contributed by atoms with Gasteiger partial charge in [0.1, 0.15) is 5.75 Å². The van der Waals surface area contributed by atoms with Crippen LogP contribution in [0.25, 0.3) is 0 Å². The molecule has 0 aliphatic heterocycles. The van der Waals surface area contributed by atoms with Crippen LogP contribution in [-0.4, -0.2) is 18.3 Å². The smallest absolute Gasteiger partial charge is 0.252 e. The topological polar surface area (TPSA) is 52.3 Å². The van der Waals surface area contributed by atoms with Gasteiger partial charge in [0.15, 0.2) is 0 Å². The van der Waals surface area contributed by atoms with Crippen LogP contribution in [0.2, 0.25) is 0 Å². The van der Waals surface area contributed by atoms with Gasteiger partial charge in [0.25, 0.3) is 5.91 Å².